The average molecular weight is 456 g/mol. The first-order chi connectivity index (χ1) is 14.4. The van der Waals surface area contributed by atoms with E-state index in [0.29, 0.717) is 16.7 Å². The van der Waals surface area contributed by atoms with E-state index in [1.165, 1.54) is 19.2 Å². The molecule has 0 saturated heterocycles. The van der Waals surface area contributed by atoms with Crippen LogP contribution >= 0.6 is 11.6 Å². The molecule has 1 aromatic heterocycles. The molecule has 5 nitrogen and oxygen atoms in total. The molecule has 3 aromatic rings. The molecule has 164 valence electrons. The van der Waals surface area contributed by atoms with Gasteiger partial charge in [0.2, 0.25) is 0 Å². The van der Waals surface area contributed by atoms with E-state index in [-0.39, 0.29) is 16.8 Å². The van der Waals surface area contributed by atoms with Crippen LogP contribution in [0.2, 0.25) is 5.02 Å². The number of phenols is 1. The highest BCUT2D eigenvalue weighted by atomic mass is 35.5. The standard InChI is InChI=1S/C21H18ClF4N3O2/c1-9-7-20(31,21(24,25)26)19(11-6-13(22)17(23)18(30)16(9)11)29-15-5-3-4-14-12(15)8-27-10(2)28-14/h3-6,8-9,19,29-31H,7H2,1-2H3/t9-,19+,20-/m1/s1. The molecule has 1 heterocycles. The van der Waals surface area contributed by atoms with Crippen LogP contribution in [0.25, 0.3) is 10.9 Å². The van der Waals surface area contributed by atoms with Gasteiger partial charge in [-0.15, -0.1) is 0 Å². The molecule has 0 saturated carbocycles. The van der Waals surface area contributed by atoms with Crippen LogP contribution in [-0.2, 0) is 0 Å². The summed E-state index contributed by atoms with van der Waals surface area (Å²) in [5.41, 5.74) is -2.63. The first kappa shape index (κ1) is 21.6. The summed E-state index contributed by atoms with van der Waals surface area (Å²) in [7, 11) is 0. The van der Waals surface area contributed by atoms with Gasteiger partial charge in [0.15, 0.2) is 17.2 Å². The zero-order valence-corrected chi connectivity index (χ0v) is 17.2. The summed E-state index contributed by atoms with van der Waals surface area (Å²) in [6.45, 7) is 3.06. The molecular formula is C21H18ClF4N3O2. The molecule has 0 radical (unpaired) electrons. The van der Waals surface area contributed by atoms with Crippen molar-refractivity contribution in [3.63, 3.8) is 0 Å². The molecule has 0 fully saturated rings. The Morgan fingerprint density at radius 1 is 1.29 bits per heavy atom. The minimum Gasteiger partial charge on any atom is -0.505 e. The average Bonchev–Trinajstić information content (AvgIpc) is 2.67. The maximum Gasteiger partial charge on any atom is 0.419 e. The van der Waals surface area contributed by atoms with Gasteiger partial charge < -0.3 is 15.5 Å². The van der Waals surface area contributed by atoms with Crippen molar-refractivity contribution in [2.24, 2.45) is 0 Å². The van der Waals surface area contributed by atoms with E-state index < -0.39 is 46.7 Å². The third kappa shape index (κ3) is 3.36. The second-order valence-corrected chi connectivity index (χ2v) is 8.19. The molecule has 0 aliphatic heterocycles. The monoisotopic (exact) mass is 455 g/mol. The van der Waals surface area contributed by atoms with Crippen molar-refractivity contribution in [3.05, 3.63) is 58.3 Å². The van der Waals surface area contributed by atoms with Crippen molar-refractivity contribution in [3.8, 4) is 5.75 Å². The molecule has 0 amide bonds. The van der Waals surface area contributed by atoms with Gasteiger partial charge in [0.05, 0.1) is 16.6 Å². The van der Waals surface area contributed by atoms with Crippen molar-refractivity contribution in [2.45, 2.75) is 44.0 Å². The number of rotatable bonds is 2. The molecule has 0 spiro atoms. The number of hydrogen-bond acceptors (Lipinski definition) is 5. The fraction of sp³-hybridized carbons (Fsp3) is 0.333. The number of halogens is 5. The van der Waals surface area contributed by atoms with E-state index in [1.54, 1.807) is 19.1 Å². The second-order valence-electron chi connectivity index (χ2n) is 7.78. The number of benzene rings is 2. The van der Waals surface area contributed by atoms with Crippen LogP contribution in [0.4, 0.5) is 23.2 Å². The molecule has 1 aliphatic carbocycles. The fourth-order valence-corrected chi connectivity index (χ4v) is 4.46. The summed E-state index contributed by atoms with van der Waals surface area (Å²) in [4.78, 5) is 8.36. The summed E-state index contributed by atoms with van der Waals surface area (Å²) in [6, 6.07) is 4.06. The fourth-order valence-electron chi connectivity index (χ4n) is 4.25. The molecule has 3 atom stereocenters. The first-order valence-corrected chi connectivity index (χ1v) is 9.80. The Bertz CT molecular complexity index is 1190. The van der Waals surface area contributed by atoms with Gasteiger partial charge in [-0.25, -0.2) is 14.4 Å². The van der Waals surface area contributed by atoms with Crippen molar-refractivity contribution in [1.82, 2.24) is 9.97 Å². The molecule has 2 aromatic carbocycles. The maximum absolute atomic E-state index is 14.2. The Balaban J connectivity index is 1.95. The van der Waals surface area contributed by atoms with Gasteiger partial charge in [-0.3, -0.25) is 0 Å². The SMILES string of the molecule is Cc1ncc2c(N[C@H]3c4cc(Cl)c(F)c(O)c4[C@H](C)C[C@]3(O)C(F)(F)F)cccc2n1. The van der Waals surface area contributed by atoms with Gasteiger partial charge in [0.1, 0.15) is 5.82 Å². The number of nitrogens with one attached hydrogen (secondary N) is 1. The highest BCUT2D eigenvalue weighted by molar-refractivity contribution is 6.31. The van der Waals surface area contributed by atoms with E-state index in [0.717, 1.165) is 6.07 Å². The van der Waals surface area contributed by atoms with Crippen molar-refractivity contribution < 1.29 is 27.8 Å². The quantitative estimate of drug-likeness (QED) is 0.451. The highest BCUT2D eigenvalue weighted by Crippen LogP contribution is 2.55. The summed E-state index contributed by atoms with van der Waals surface area (Å²) >= 11 is 5.84. The molecule has 4 rings (SSSR count). The van der Waals surface area contributed by atoms with Gasteiger partial charge in [-0.05, 0) is 43.0 Å². The van der Waals surface area contributed by atoms with Crippen LogP contribution in [-0.4, -0.2) is 32.0 Å². The molecule has 3 N–H and O–H groups in total. The normalized spacial score (nSPS) is 23.6. The zero-order chi connectivity index (χ0) is 22.7. The van der Waals surface area contributed by atoms with E-state index in [2.05, 4.69) is 15.3 Å². The smallest absolute Gasteiger partial charge is 0.419 e. The number of aromatic hydroxyl groups is 1. The predicted molar refractivity (Wildman–Crippen MR) is 108 cm³/mol. The third-order valence-electron chi connectivity index (χ3n) is 5.70. The van der Waals surface area contributed by atoms with Crippen molar-refractivity contribution >= 4 is 28.2 Å². The topological polar surface area (TPSA) is 78.3 Å². The number of phenolic OH excluding ortho intramolecular Hbond substituents is 1. The Kier molecular flexibility index (Phi) is 5.01. The highest BCUT2D eigenvalue weighted by Gasteiger charge is 2.62. The number of nitrogens with zero attached hydrogens (tertiary/aromatic N) is 2. The first-order valence-electron chi connectivity index (χ1n) is 9.43. The number of anilines is 1. The van der Waals surface area contributed by atoms with Crippen LogP contribution in [0.15, 0.2) is 30.5 Å². The molecule has 1 aliphatic rings. The van der Waals surface area contributed by atoms with Crippen LogP contribution in [0.1, 0.15) is 42.3 Å². The Labute approximate surface area is 179 Å². The lowest BCUT2D eigenvalue weighted by atomic mass is 9.70. The number of aryl methyl sites for hydroxylation is 1. The van der Waals surface area contributed by atoms with E-state index in [1.807, 2.05) is 0 Å². The number of fused-ring (bicyclic) bond motifs is 2. The zero-order valence-electron chi connectivity index (χ0n) is 16.4. The third-order valence-corrected chi connectivity index (χ3v) is 5.98. The van der Waals surface area contributed by atoms with E-state index in [4.69, 9.17) is 11.6 Å². The lowest BCUT2D eigenvalue weighted by Crippen LogP contribution is -2.55. The second kappa shape index (κ2) is 7.20. The molecule has 10 heteroatoms. The molecule has 0 unspecified atom stereocenters. The van der Waals surface area contributed by atoms with E-state index in [9.17, 15) is 27.8 Å². The number of hydrogen-bond donors (Lipinski definition) is 3. The van der Waals surface area contributed by atoms with Crippen LogP contribution < -0.4 is 5.32 Å². The van der Waals surface area contributed by atoms with Crippen LogP contribution in [0.5, 0.6) is 5.75 Å². The van der Waals surface area contributed by atoms with Gasteiger partial charge in [-0.1, -0.05) is 24.6 Å². The molecule has 0 bridgehead atoms. The summed E-state index contributed by atoms with van der Waals surface area (Å²) in [5, 5.41) is 23.8. The molecular weight excluding hydrogens is 438 g/mol. The molecule has 31 heavy (non-hydrogen) atoms. The van der Waals surface area contributed by atoms with E-state index >= 15 is 0 Å². The van der Waals surface area contributed by atoms with Gasteiger partial charge >= 0.3 is 6.18 Å². The summed E-state index contributed by atoms with van der Waals surface area (Å²) in [5.74, 6) is -2.43. The van der Waals surface area contributed by atoms with Crippen LogP contribution in [0.3, 0.4) is 0 Å². The number of alkyl halides is 3. The van der Waals surface area contributed by atoms with Gasteiger partial charge in [0, 0.05) is 22.8 Å². The van der Waals surface area contributed by atoms with Crippen molar-refractivity contribution in [1.29, 1.82) is 0 Å². The lowest BCUT2D eigenvalue weighted by molar-refractivity contribution is -0.272. The Hall–Kier alpha value is -2.65. The van der Waals surface area contributed by atoms with Crippen LogP contribution in [0, 0.1) is 12.7 Å². The van der Waals surface area contributed by atoms with Gasteiger partial charge in [0.25, 0.3) is 0 Å². The minimum atomic E-state index is -5.02. The minimum absolute atomic E-state index is 0.0272. The maximum atomic E-state index is 14.2. The Morgan fingerprint density at radius 2 is 2.00 bits per heavy atom. The number of aromatic nitrogens is 2. The lowest BCUT2D eigenvalue weighted by Gasteiger charge is -2.45. The predicted octanol–water partition coefficient (Wildman–Crippen LogP) is 5.39. The summed E-state index contributed by atoms with van der Waals surface area (Å²) in [6.07, 6.45) is -4.34. The Morgan fingerprint density at radius 3 is 2.68 bits per heavy atom. The summed E-state index contributed by atoms with van der Waals surface area (Å²) < 4.78 is 56.5. The largest absolute Gasteiger partial charge is 0.505 e. The van der Waals surface area contributed by atoms with Crippen molar-refractivity contribution in [2.75, 3.05) is 5.32 Å². The number of aliphatic hydroxyl groups is 1. The van der Waals surface area contributed by atoms with Gasteiger partial charge in [-0.2, -0.15) is 13.2 Å².